The molecule has 1 fully saturated rings. The molecular formula is C19H18Cl2N2O3. The molecule has 2 aromatic rings. The summed E-state index contributed by atoms with van der Waals surface area (Å²) in [5.74, 6) is -0.639. The Bertz CT molecular complexity index is 800. The first-order valence-corrected chi connectivity index (χ1v) is 9.05. The summed E-state index contributed by atoms with van der Waals surface area (Å²) in [5.41, 5.74) is 1.08. The number of nitrogens with one attached hydrogen (secondary N) is 2. The summed E-state index contributed by atoms with van der Waals surface area (Å²) < 4.78 is 5.49. The Morgan fingerprint density at radius 1 is 1.04 bits per heavy atom. The molecule has 0 saturated carbocycles. The second-order valence-electron chi connectivity index (χ2n) is 5.98. The maximum atomic E-state index is 12.5. The van der Waals surface area contributed by atoms with Gasteiger partial charge in [-0.25, -0.2) is 0 Å². The van der Waals surface area contributed by atoms with Crippen LogP contribution in [-0.4, -0.2) is 31.1 Å². The standard InChI is InChI=1S/C19H18Cl2N2O3/c20-15-7-2-8-16(21)17(15)23-19(25)13-5-1-4-12(10-13)18(24)22-11-14-6-3-9-26-14/h1-2,4-5,7-8,10,14H,3,6,9,11H2,(H,22,24)(H,23,25). The number of halogens is 2. The molecule has 0 spiro atoms. The molecule has 1 unspecified atom stereocenters. The molecule has 5 nitrogen and oxygen atoms in total. The van der Waals surface area contributed by atoms with Gasteiger partial charge in [-0.3, -0.25) is 9.59 Å². The van der Waals surface area contributed by atoms with Crippen LogP contribution in [0.5, 0.6) is 0 Å². The van der Waals surface area contributed by atoms with E-state index < -0.39 is 5.91 Å². The number of carbonyl (C=O) groups excluding carboxylic acids is 2. The Morgan fingerprint density at radius 2 is 1.69 bits per heavy atom. The lowest BCUT2D eigenvalue weighted by molar-refractivity contribution is 0.0858. The first-order chi connectivity index (χ1) is 12.5. The van der Waals surface area contributed by atoms with Crippen LogP contribution in [0.25, 0.3) is 0 Å². The average molecular weight is 393 g/mol. The Labute approximate surface area is 161 Å². The monoisotopic (exact) mass is 392 g/mol. The molecule has 1 saturated heterocycles. The lowest BCUT2D eigenvalue weighted by Crippen LogP contribution is -2.31. The second kappa shape index (κ2) is 8.54. The molecule has 136 valence electrons. The van der Waals surface area contributed by atoms with E-state index in [1.54, 1.807) is 36.4 Å². The third kappa shape index (κ3) is 4.55. The van der Waals surface area contributed by atoms with Gasteiger partial charge in [0.2, 0.25) is 0 Å². The van der Waals surface area contributed by atoms with Crippen molar-refractivity contribution in [3.8, 4) is 0 Å². The number of ether oxygens (including phenoxy) is 1. The van der Waals surface area contributed by atoms with Gasteiger partial charge in [-0.15, -0.1) is 0 Å². The van der Waals surface area contributed by atoms with E-state index in [9.17, 15) is 9.59 Å². The highest BCUT2D eigenvalue weighted by molar-refractivity contribution is 6.40. The lowest BCUT2D eigenvalue weighted by atomic mass is 10.1. The topological polar surface area (TPSA) is 67.4 Å². The van der Waals surface area contributed by atoms with E-state index in [2.05, 4.69) is 10.6 Å². The van der Waals surface area contributed by atoms with Gasteiger partial charge in [-0.2, -0.15) is 0 Å². The summed E-state index contributed by atoms with van der Waals surface area (Å²) in [6, 6.07) is 11.4. The molecular weight excluding hydrogens is 375 g/mol. The molecule has 3 rings (SSSR count). The van der Waals surface area contributed by atoms with Gasteiger partial charge < -0.3 is 15.4 Å². The fourth-order valence-corrected chi connectivity index (χ4v) is 3.21. The van der Waals surface area contributed by atoms with Crippen LogP contribution in [0.4, 0.5) is 5.69 Å². The van der Waals surface area contributed by atoms with Gasteiger partial charge in [-0.05, 0) is 43.2 Å². The van der Waals surface area contributed by atoms with Crippen molar-refractivity contribution < 1.29 is 14.3 Å². The lowest BCUT2D eigenvalue weighted by Gasteiger charge is -2.12. The molecule has 2 N–H and O–H groups in total. The quantitative estimate of drug-likeness (QED) is 0.802. The predicted molar refractivity (Wildman–Crippen MR) is 102 cm³/mol. The van der Waals surface area contributed by atoms with Gasteiger partial charge in [0.25, 0.3) is 11.8 Å². The largest absolute Gasteiger partial charge is 0.376 e. The van der Waals surface area contributed by atoms with Gasteiger partial charge in [0.1, 0.15) is 0 Å². The smallest absolute Gasteiger partial charge is 0.255 e. The van der Waals surface area contributed by atoms with Crippen LogP contribution in [0, 0.1) is 0 Å². The average Bonchev–Trinajstić information content (AvgIpc) is 3.16. The molecule has 0 aliphatic carbocycles. The van der Waals surface area contributed by atoms with Crippen LogP contribution >= 0.6 is 23.2 Å². The van der Waals surface area contributed by atoms with Crippen LogP contribution in [0.2, 0.25) is 10.0 Å². The van der Waals surface area contributed by atoms with Crippen molar-refractivity contribution in [1.29, 1.82) is 0 Å². The van der Waals surface area contributed by atoms with E-state index in [-0.39, 0.29) is 12.0 Å². The SMILES string of the molecule is O=C(NCC1CCCO1)c1cccc(C(=O)Nc2c(Cl)cccc2Cl)c1. The Kier molecular flexibility index (Phi) is 6.14. The van der Waals surface area contributed by atoms with Crippen LogP contribution in [0.15, 0.2) is 42.5 Å². The molecule has 26 heavy (non-hydrogen) atoms. The number of anilines is 1. The number of hydrogen-bond acceptors (Lipinski definition) is 3. The molecule has 0 radical (unpaired) electrons. The third-order valence-corrected chi connectivity index (χ3v) is 4.73. The molecule has 2 aromatic carbocycles. The summed E-state index contributed by atoms with van der Waals surface area (Å²) in [6.07, 6.45) is 2.02. The molecule has 0 aromatic heterocycles. The fraction of sp³-hybridized carbons (Fsp3) is 0.263. The second-order valence-corrected chi connectivity index (χ2v) is 6.79. The highest BCUT2D eigenvalue weighted by Crippen LogP contribution is 2.30. The summed E-state index contributed by atoms with van der Waals surface area (Å²) in [4.78, 5) is 24.8. The van der Waals surface area contributed by atoms with Crippen LogP contribution in [-0.2, 0) is 4.74 Å². The van der Waals surface area contributed by atoms with Crippen molar-refractivity contribution in [1.82, 2.24) is 5.32 Å². The van der Waals surface area contributed by atoms with Gasteiger partial charge in [0.05, 0.1) is 21.8 Å². The summed E-state index contributed by atoms with van der Waals surface area (Å²) in [5, 5.41) is 6.21. The fourth-order valence-electron chi connectivity index (χ4n) is 2.72. The van der Waals surface area contributed by atoms with Crippen molar-refractivity contribution in [2.45, 2.75) is 18.9 Å². The Morgan fingerprint density at radius 3 is 2.35 bits per heavy atom. The summed E-state index contributed by atoms with van der Waals surface area (Å²) in [6.45, 7) is 1.20. The third-order valence-electron chi connectivity index (χ3n) is 4.10. The van der Waals surface area contributed by atoms with E-state index in [1.807, 2.05) is 0 Å². The van der Waals surface area contributed by atoms with Crippen molar-refractivity contribution in [2.75, 3.05) is 18.5 Å². The minimum absolute atomic E-state index is 0.0628. The van der Waals surface area contributed by atoms with E-state index in [0.29, 0.717) is 33.4 Å². The van der Waals surface area contributed by atoms with Gasteiger partial charge in [-0.1, -0.05) is 35.3 Å². The molecule has 2 amide bonds. The molecule has 1 heterocycles. The molecule has 0 bridgehead atoms. The Balaban J connectivity index is 1.68. The highest BCUT2D eigenvalue weighted by Gasteiger charge is 2.17. The van der Waals surface area contributed by atoms with E-state index in [1.165, 1.54) is 6.07 Å². The zero-order chi connectivity index (χ0) is 18.5. The normalized spacial score (nSPS) is 16.3. The number of hydrogen-bond donors (Lipinski definition) is 2. The van der Waals surface area contributed by atoms with Crippen molar-refractivity contribution in [2.24, 2.45) is 0 Å². The first-order valence-electron chi connectivity index (χ1n) is 8.30. The number of benzene rings is 2. The minimum Gasteiger partial charge on any atom is -0.376 e. The maximum absolute atomic E-state index is 12.5. The molecule has 7 heteroatoms. The predicted octanol–water partition coefficient (Wildman–Crippen LogP) is 4.15. The molecule has 1 aliphatic rings. The van der Waals surface area contributed by atoms with Gasteiger partial charge in [0.15, 0.2) is 0 Å². The first kappa shape index (κ1) is 18.7. The van der Waals surface area contributed by atoms with E-state index in [0.717, 1.165) is 19.4 Å². The Hall–Kier alpha value is -2.08. The number of amides is 2. The summed E-state index contributed by atoms with van der Waals surface area (Å²) in [7, 11) is 0. The maximum Gasteiger partial charge on any atom is 0.255 e. The summed E-state index contributed by atoms with van der Waals surface area (Å²) >= 11 is 12.1. The highest BCUT2D eigenvalue weighted by atomic mass is 35.5. The minimum atomic E-state index is -0.395. The van der Waals surface area contributed by atoms with Crippen molar-refractivity contribution >= 4 is 40.7 Å². The van der Waals surface area contributed by atoms with Crippen molar-refractivity contribution in [3.63, 3.8) is 0 Å². The number of rotatable bonds is 5. The molecule has 1 atom stereocenters. The number of para-hydroxylation sites is 1. The molecule has 1 aliphatic heterocycles. The van der Waals surface area contributed by atoms with Gasteiger partial charge >= 0.3 is 0 Å². The van der Waals surface area contributed by atoms with Crippen LogP contribution in [0.1, 0.15) is 33.6 Å². The zero-order valence-corrected chi connectivity index (χ0v) is 15.4. The zero-order valence-electron chi connectivity index (χ0n) is 13.9. The van der Waals surface area contributed by atoms with Crippen molar-refractivity contribution in [3.05, 3.63) is 63.6 Å². The van der Waals surface area contributed by atoms with E-state index >= 15 is 0 Å². The van der Waals surface area contributed by atoms with E-state index in [4.69, 9.17) is 27.9 Å². The van der Waals surface area contributed by atoms with Crippen LogP contribution in [0.3, 0.4) is 0 Å². The number of carbonyl (C=O) groups is 2. The van der Waals surface area contributed by atoms with Crippen LogP contribution < -0.4 is 10.6 Å². The van der Waals surface area contributed by atoms with Gasteiger partial charge in [0, 0.05) is 24.3 Å².